The van der Waals surface area contributed by atoms with Crippen LogP contribution < -0.4 is 0 Å². The van der Waals surface area contributed by atoms with E-state index in [1.54, 1.807) is 0 Å². The van der Waals surface area contributed by atoms with E-state index in [0.29, 0.717) is 0 Å². The highest BCUT2D eigenvalue weighted by atomic mass is 32.1. The number of aryl methyl sites for hydroxylation is 1. The molecule has 0 heterocycles. The number of hydrogen-bond acceptors (Lipinski definition) is 2. The molecule has 1 aliphatic rings. The van der Waals surface area contributed by atoms with Crippen LogP contribution in [0.3, 0.4) is 0 Å². The molecule has 1 aliphatic carbocycles. The van der Waals surface area contributed by atoms with Gasteiger partial charge in [0.1, 0.15) is 0 Å². The van der Waals surface area contributed by atoms with Crippen LogP contribution >= 0.6 is 12.6 Å². The Morgan fingerprint density at radius 1 is 1.29 bits per heavy atom. The average molecular weight is 247 g/mol. The maximum absolute atomic E-state index is 4.59. The van der Waals surface area contributed by atoms with Crippen molar-refractivity contribution in [2.75, 3.05) is 6.54 Å². The molecule has 1 fully saturated rings. The summed E-state index contributed by atoms with van der Waals surface area (Å²) < 4.78 is 0. The molecule has 1 nitrogen and oxygen atoms in total. The van der Waals surface area contributed by atoms with Gasteiger partial charge in [-0.05, 0) is 31.2 Å². The van der Waals surface area contributed by atoms with Crippen LogP contribution in [0, 0.1) is 12.8 Å². The average Bonchev–Trinajstić information content (AvgIpc) is 2.36. The highest BCUT2D eigenvalue weighted by molar-refractivity contribution is 7.80. The number of hydrogen-bond donors (Lipinski definition) is 1. The summed E-state index contributed by atoms with van der Waals surface area (Å²) in [6.07, 6.45) is 8.91. The van der Waals surface area contributed by atoms with Crippen molar-refractivity contribution in [1.82, 2.24) is 0 Å². The first-order valence-electron chi connectivity index (χ1n) is 6.56. The molecule has 92 valence electrons. The predicted octanol–water partition coefficient (Wildman–Crippen LogP) is 4.28. The zero-order valence-electron chi connectivity index (χ0n) is 10.5. The minimum absolute atomic E-state index is 0.813. The lowest BCUT2D eigenvalue weighted by Crippen LogP contribution is -2.09. The van der Waals surface area contributed by atoms with E-state index in [4.69, 9.17) is 0 Å². The first-order chi connectivity index (χ1) is 8.27. The van der Waals surface area contributed by atoms with Crippen molar-refractivity contribution in [3.8, 4) is 0 Å². The molecule has 0 radical (unpaired) electrons. The summed E-state index contributed by atoms with van der Waals surface area (Å²) in [6, 6.07) is 6.23. The van der Waals surface area contributed by atoms with Crippen molar-refractivity contribution in [2.24, 2.45) is 10.9 Å². The van der Waals surface area contributed by atoms with Crippen LogP contribution in [-0.2, 0) is 0 Å². The number of aliphatic imine (C=N–C) groups is 1. The maximum Gasteiger partial charge on any atom is 0.0417 e. The summed E-state index contributed by atoms with van der Waals surface area (Å²) in [6.45, 7) is 3.07. The SMILES string of the molecule is Cc1cccc(C=NCC2CCCCC2)c1S. The molecule has 17 heavy (non-hydrogen) atoms. The molecule has 2 heteroatoms. The van der Waals surface area contributed by atoms with Crippen LogP contribution in [0.1, 0.15) is 43.2 Å². The smallest absolute Gasteiger partial charge is 0.0417 e. The van der Waals surface area contributed by atoms with Gasteiger partial charge in [0.25, 0.3) is 0 Å². The van der Waals surface area contributed by atoms with Crippen LogP contribution in [0.25, 0.3) is 0 Å². The molecule has 2 rings (SSSR count). The van der Waals surface area contributed by atoms with E-state index in [0.717, 1.165) is 22.9 Å². The zero-order chi connectivity index (χ0) is 12.1. The normalized spacial score (nSPS) is 17.8. The highest BCUT2D eigenvalue weighted by Crippen LogP contribution is 2.23. The largest absolute Gasteiger partial charge is 0.292 e. The number of rotatable bonds is 3. The van der Waals surface area contributed by atoms with Crippen molar-refractivity contribution >= 4 is 18.8 Å². The van der Waals surface area contributed by atoms with Crippen molar-refractivity contribution < 1.29 is 0 Å². The van der Waals surface area contributed by atoms with E-state index < -0.39 is 0 Å². The Labute approximate surface area is 110 Å². The molecule has 1 aromatic carbocycles. The Morgan fingerprint density at radius 3 is 2.82 bits per heavy atom. The number of benzene rings is 1. The van der Waals surface area contributed by atoms with Gasteiger partial charge in [0, 0.05) is 23.2 Å². The zero-order valence-corrected chi connectivity index (χ0v) is 11.4. The summed E-state index contributed by atoms with van der Waals surface area (Å²) in [5, 5.41) is 0. The van der Waals surface area contributed by atoms with Gasteiger partial charge in [0.05, 0.1) is 0 Å². The van der Waals surface area contributed by atoms with E-state index in [9.17, 15) is 0 Å². The highest BCUT2D eigenvalue weighted by Gasteiger charge is 2.11. The van der Waals surface area contributed by atoms with E-state index in [2.05, 4.69) is 42.7 Å². The van der Waals surface area contributed by atoms with Crippen molar-refractivity contribution in [1.29, 1.82) is 0 Å². The lowest BCUT2D eigenvalue weighted by Gasteiger charge is -2.19. The molecular formula is C15H21NS. The van der Waals surface area contributed by atoms with Crippen LogP contribution in [0.5, 0.6) is 0 Å². The Hall–Kier alpha value is -0.760. The summed E-state index contributed by atoms with van der Waals surface area (Å²) >= 11 is 4.52. The lowest BCUT2D eigenvalue weighted by atomic mass is 9.89. The van der Waals surface area contributed by atoms with Crippen molar-refractivity contribution in [3.63, 3.8) is 0 Å². The fourth-order valence-electron chi connectivity index (χ4n) is 2.46. The van der Waals surface area contributed by atoms with Gasteiger partial charge in [-0.15, -0.1) is 12.6 Å². The Morgan fingerprint density at radius 2 is 2.06 bits per heavy atom. The molecule has 0 aromatic heterocycles. The van der Waals surface area contributed by atoms with Gasteiger partial charge in [-0.2, -0.15) is 0 Å². The maximum atomic E-state index is 4.59. The quantitative estimate of drug-likeness (QED) is 0.604. The Balaban J connectivity index is 1.93. The summed E-state index contributed by atoms with van der Waals surface area (Å²) in [5.41, 5.74) is 2.36. The molecule has 1 saturated carbocycles. The van der Waals surface area contributed by atoms with Crippen LogP contribution in [0.4, 0.5) is 0 Å². The summed E-state index contributed by atoms with van der Waals surface area (Å²) in [4.78, 5) is 5.65. The van der Waals surface area contributed by atoms with Crippen LogP contribution in [0.2, 0.25) is 0 Å². The minimum Gasteiger partial charge on any atom is -0.292 e. The molecule has 0 aliphatic heterocycles. The van der Waals surface area contributed by atoms with Gasteiger partial charge < -0.3 is 0 Å². The molecule has 0 atom stereocenters. The van der Waals surface area contributed by atoms with Gasteiger partial charge >= 0.3 is 0 Å². The van der Waals surface area contributed by atoms with E-state index in [-0.39, 0.29) is 0 Å². The van der Waals surface area contributed by atoms with Gasteiger partial charge in [0.2, 0.25) is 0 Å². The predicted molar refractivity (Wildman–Crippen MR) is 77.5 cm³/mol. The second kappa shape index (κ2) is 6.25. The van der Waals surface area contributed by atoms with Crippen LogP contribution in [-0.4, -0.2) is 12.8 Å². The van der Waals surface area contributed by atoms with Crippen LogP contribution in [0.15, 0.2) is 28.1 Å². The molecule has 0 bridgehead atoms. The molecule has 0 unspecified atom stereocenters. The molecule has 0 spiro atoms. The third kappa shape index (κ3) is 3.60. The third-order valence-electron chi connectivity index (χ3n) is 3.59. The van der Waals surface area contributed by atoms with Gasteiger partial charge in [-0.3, -0.25) is 4.99 Å². The second-order valence-corrected chi connectivity index (χ2v) is 5.46. The van der Waals surface area contributed by atoms with E-state index in [1.807, 2.05) is 6.21 Å². The fourth-order valence-corrected chi connectivity index (χ4v) is 2.66. The minimum atomic E-state index is 0.813. The second-order valence-electron chi connectivity index (χ2n) is 5.01. The monoisotopic (exact) mass is 247 g/mol. The van der Waals surface area contributed by atoms with Crippen molar-refractivity contribution in [3.05, 3.63) is 29.3 Å². The van der Waals surface area contributed by atoms with Gasteiger partial charge in [-0.1, -0.05) is 37.5 Å². The van der Waals surface area contributed by atoms with E-state index >= 15 is 0 Å². The first-order valence-corrected chi connectivity index (χ1v) is 7.00. The molecule has 0 amide bonds. The third-order valence-corrected chi connectivity index (χ3v) is 4.20. The fraction of sp³-hybridized carbons (Fsp3) is 0.533. The topological polar surface area (TPSA) is 12.4 Å². The Bertz CT molecular complexity index is 392. The van der Waals surface area contributed by atoms with E-state index in [1.165, 1.54) is 37.7 Å². The van der Waals surface area contributed by atoms with Gasteiger partial charge in [-0.25, -0.2) is 0 Å². The summed E-state index contributed by atoms with van der Waals surface area (Å²) in [5.74, 6) is 0.813. The number of nitrogens with zero attached hydrogens (tertiary/aromatic N) is 1. The lowest BCUT2D eigenvalue weighted by molar-refractivity contribution is 0.367. The van der Waals surface area contributed by atoms with Gasteiger partial charge in [0.15, 0.2) is 0 Å². The number of thiol groups is 1. The van der Waals surface area contributed by atoms with Crippen molar-refractivity contribution in [2.45, 2.75) is 43.9 Å². The first kappa shape index (κ1) is 12.7. The molecule has 1 aromatic rings. The Kier molecular flexibility index (Phi) is 4.66. The molecular weight excluding hydrogens is 226 g/mol. The molecule has 0 saturated heterocycles. The summed E-state index contributed by atoms with van der Waals surface area (Å²) in [7, 11) is 0. The molecule has 0 N–H and O–H groups in total. The standard InChI is InChI=1S/C15H21NS/c1-12-6-5-9-14(15(12)17)11-16-10-13-7-3-2-4-8-13/h5-6,9,11,13,17H,2-4,7-8,10H2,1H3.